The molecule has 0 spiro atoms. The number of aromatic nitrogens is 4. The number of carbonyl (C=O) groups is 1. The molecule has 0 saturated heterocycles. The Labute approximate surface area is 202 Å². The van der Waals surface area contributed by atoms with Crippen LogP contribution in [0.15, 0.2) is 24.3 Å². The highest BCUT2D eigenvalue weighted by molar-refractivity contribution is 7.92. The summed E-state index contributed by atoms with van der Waals surface area (Å²) in [6, 6.07) is 6.96. The number of hydrogen-bond acceptors (Lipinski definition) is 5. The van der Waals surface area contributed by atoms with E-state index in [1.54, 1.807) is 24.3 Å². The van der Waals surface area contributed by atoms with Crippen molar-refractivity contribution in [2.75, 3.05) is 10.5 Å². The Kier molecular flexibility index (Phi) is 9.27. The molecule has 0 fully saturated rings. The highest BCUT2D eigenvalue weighted by Gasteiger charge is 2.18. The summed E-state index contributed by atoms with van der Waals surface area (Å²) >= 11 is 0. The number of hydrogen-bond donors (Lipinski definition) is 2. The van der Waals surface area contributed by atoms with Crippen molar-refractivity contribution in [3.05, 3.63) is 35.5 Å². The largest absolute Gasteiger partial charge is 0.294 e. The zero-order valence-electron chi connectivity index (χ0n) is 20.6. The van der Waals surface area contributed by atoms with E-state index in [1.165, 1.54) is 56.5 Å². The minimum atomic E-state index is -3.38. The highest BCUT2D eigenvalue weighted by atomic mass is 32.2. The molecule has 9 heteroatoms. The van der Waals surface area contributed by atoms with E-state index in [9.17, 15) is 13.2 Å². The number of benzene rings is 1. The Morgan fingerprint density at radius 1 is 0.971 bits per heavy atom. The van der Waals surface area contributed by atoms with Crippen LogP contribution in [-0.2, 0) is 10.0 Å². The first-order valence-corrected chi connectivity index (χ1v) is 14.0. The van der Waals surface area contributed by atoms with E-state index in [2.05, 4.69) is 26.8 Å². The summed E-state index contributed by atoms with van der Waals surface area (Å²) in [7, 11) is -3.38. The summed E-state index contributed by atoms with van der Waals surface area (Å²) in [4.78, 5) is 16.4. The van der Waals surface area contributed by atoms with Crippen molar-refractivity contribution in [1.82, 2.24) is 19.8 Å². The molecule has 0 atom stereocenters. The van der Waals surface area contributed by atoms with Crippen LogP contribution in [0.3, 0.4) is 0 Å². The molecule has 3 rings (SSSR count). The van der Waals surface area contributed by atoms with Crippen molar-refractivity contribution in [2.45, 2.75) is 85.0 Å². The van der Waals surface area contributed by atoms with Gasteiger partial charge in [-0.05, 0) is 44.5 Å². The number of H-pyrrole nitrogens is 1. The van der Waals surface area contributed by atoms with Crippen molar-refractivity contribution in [3.8, 4) is 11.4 Å². The number of rotatable bonds is 15. The number of sulfonamides is 1. The van der Waals surface area contributed by atoms with Crippen molar-refractivity contribution in [1.29, 1.82) is 0 Å². The number of Topliss-reactive ketones (excluding diaryl/α,β-unsaturated/α-hetero) is 1. The van der Waals surface area contributed by atoms with Gasteiger partial charge < -0.3 is 0 Å². The number of ketones is 1. The first-order chi connectivity index (χ1) is 16.3. The lowest BCUT2D eigenvalue weighted by Gasteiger charge is -2.08. The molecule has 0 aliphatic heterocycles. The molecule has 3 aromatic rings. The first-order valence-electron chi connectivity index (χ1n) is 12.4. The van der Waals surface area contributed by atoms with Gasteiger partial charge in [0.05, 0.1) is 11.3 Å². The van der Waals surface area contributed by atoms with Gasteiger partial charge in [-0.3, -0.25) is 14.6 Å². The molecular formula is C25H37N5O3S. The van der Waals surface area contributed by atoms with Gasteiger partial charge in [0, 0.05) is 16.9 Å². The molecule has 0 aliphatic rings. The SMILES string of the molecule is CCCCCCCCCCCCS(=O)(=O)Nc1ccc(-c2nc3c(C(C)=O)c(C)[nH]n3n2)cc1. The Balaban J connectivity index is 1.46. The monoisotopic (exact) mass is 487 g/mol. The zero-order chi connectivity index (χ0) is 24.6. The second-order valence-electron chi connectivity index (χ2n) is 9.02. The number of aryl methyl sites for hydroxylation is 1. The van der Waals surface area contributed by atoms with Gasteiger partial charge in [0.15, 0.2) is 17.3 Å². The zero-order valence-corrected chi connectivity index (χ0v) is 21.4. The number of nitrogens with zero attached hydrogens (tertiary/aromatic N) is 3. The number of nitrogens with one attached hydrogen (secondary N) is 2. The van der Waals surface area contributed by atoms with Crippen LogP contribution >= 0.6 is 0 Å². The summed E-state index contributed by atoms with van der Waals surface area (Å²) in [5.74, 6) is 0.523. The number of aromatic amines is 1. The van der Waals surface area contributed by atoms with Crippen molar-refractivity contribution < 1.29 is 13.2 Å². The smallest absolute Gasteiger partial charge is 0.232 e. The molecule has 2 heterocycles. The lowest BCUT2D eigenvalue weighted by Crippen LogP contribution is -2.16. The fourth-order valence-corrected chi connectivity index (χ4v) is 5.36. The Hall–Kier alpha value is -2.68. The van der Waals surface area contributed by atoms with Crippen LogP contribution < -0.4 is 4.72 Å². The van der Waals surface area contributed by atoms with E-state index in [1.807, 2.05) is 6.92 Å². The Morgan fingerprint density at radius 3 is 2.15 bits per heavy atom. The number of anilines is 1. The molecule has 34 heavy (non-hydrogen) atoms. The highest BCUT2D eigenvalue weighted by Crippen LogP contribution is 2.22. The van der Waals surface area contributed by atoms with Gasteiger partial charge in [0.1, 0.15) is 0 Å². The number of fused-ring (bicyclic) bond motifs is 1. The van der Waals surface area contributed by atoms with Crippen LogP contribution in [0, 0.1) is 6.92 Å². The fraction of sp³-hybridized carbons (Fsp3) is 0.560. The maximum atomic E-state index is 12.4. The fourth-order valence-electron chi connectivity index (χ4n) is 4.18. The minimum Gasteiger partial charge on any atom is -0.294 e. The van der Waals surface area contributed by atoms with E-state index in [-0.39, 0.29) is 11.5 Å². The third-order valence-corrected chi connectivity index (χ3v) is 7.39. The predicted molar refractivity (Wildman–Crippen MR) is 137 cm³/mol. The van der Waals surface area contributed by atoms with Gasteiger partial charge in [0.25, 0.3) is 0 Å². The second kappa shape index (κ2) is 12.1. The van der Waals surface area contributed by atoms with E-state index >= 15 is 0 Å². The maximum absolute atomic E-state index is 12.4. The van der Waals surface area contributed by atoms with Crippen LogP contribution in [0.1, 0.15) is 94.1 Å². The molecule has 0 amide bonds. The van der Waals surface area contributed by atoms with Crippen LogP contribution in [0.5, 0.6) is 0 Å². The van der Waals surface area contributed by atoms with Crippen LogP contribution in [0.25, 0.3) is 17.0 Å². The van der Waals surface area contributed by atoms with E-state index in [4.69, 9.17) is 0 Å². The molecule has 186 valence electrons. The summed E-state index contributed by atoms with van der Waals surface area (Å²) in [5.41, 5.74) is 2.99. The molecule has 0 bridgehead atoms. The second-order valence-corrected chi connectivity index (χ2v) is 10.9. The molecule has 2 N–H and O–H groups in total. The topological polar surface area (TPSA) is 109 Å². The number of unbranched alkanes of at least 4 members (excludes halogenated alkanes) is 9. The summed E-state index contributed by atoms with van der Waals surface area (Å²) < 4.78 is 29.0. The minimum absolute atomic E-state index is 0.0742. The maximum Gasteiger partial charge on any atom is 0.232 e. The molecule has 0 aliphatic carbocycles. The first kappa shape index (κ1) is 25.9. The number of carbonyl (C=O) groups excluding carboxylic acids is 1. The summed E-state index contributed by atoms with van der Waals surface area (Å²) in [6.07, 6.45) is 11.7. The van der Waals surface area contributed by atoms with E-state index in [0.29, 0.717) is 29.1 Å². The van der Waals surface area contributed by atoms with Crippen LogP contribution in [0.2, 0.25) is 0 Å². The molecule has 1 aromatic carbocycles. The van der Waals surface area contributed by atoms with Crippen molar-refractivity contribution >= 4 is 27.1 Å². The molecule has 0 unspecified atom stereocenters. The third kappa shape index (κ3) is 7.16. The van der Waals surface area contributed by atoms with Crippen molar-refractivity contribution in [3.63, 3.8) is 0 Å². The quantitative estimate of drug-likeness (QED) is 0.205. The van der Waals surface area contributed by atoms with Gasteiger partial charge in [-0.25, -0.2) is 13.4 Å². The molecule has 8 nitrogen and oxygen atoms in total. The van der Waals surface area contributed by atoms with Crippen LogP contribution in [0.4, 0.5) is 5.69 Å². The van der Waals surface area contributed by atoms with Gasteiger partial charge in [-0.2, -0.15) is 4.63 Å². The lowest BCUT2D eigenvalue weighted by molar-refractivity contribution is 0.101. The Morgan fingerprint density at radius 2 is 1.56 bits per heavy atom. The molecular weight excluding hydrogens is 450 g/mol. The normalized spacial score (nSPS) is 11.9. The third-order valence-electron chi connectivity index (χ3n) is 6.01. The standard InChI is InChI=1S/C25H37N5O3S/c1-4-5-6-7-8-9-10-11-12-13-18-34(32,33)29-22-16-14-21(15-17-22)24-26-25-23(20(3)31)19(2)27-30(25)28-24/h14-17,27,29H,4-13,18H2,1-3H3. The van der Waals surface area contributed by atoms with Crippen LogP contribution in [-0.4, -0.2) is 39.8 Å². The van der Waals surface area contributed by atoms with Gasteiger partial charge in [0.2, 0.25) is 10.0 Å². The molecule has 2 aromatic heterocycles. The van der Waals surface area contributed by atoms with Crippen molar-refractivity contribution in [2.24, 2.45) is 0 Å². The summed E-state index contributed by atoms with van der Waals surface area (Å²) in [5, 5.41) is 7.42. The average Bonchev–Trinajstić information content (AvgIpc) is 3.31. The predicted octanol–water partition coefficient (Wildman–Crippen LogP) is 5.90. The average molecular weight is 488 g/mol. The van der Waals surface area contributed by atoms with E-state index < -0.39 is 10.0 Å². The van der Waals surface area contributed by atoms with E-state index in [0.717, 1.165) is 24.1 Å². The lowest BCUT2D eigenvalue weighted by atomic mass is 10.1. The van der Waals surface area contributed by atoms with Gasteiger partial charge >= 0.3 is 0 Å². The molecule has 0 saturated carbocycles. The summed E-state index contributed by atoms with van der Waals surface area (Å²) in [6.45, 7) is 5.54. The van der Waals surface area contributed by atoms with Gasteiger partial charge in [-0.1, -0.05) is 64.7 Å². The van der Waals surface area contributed by atoms with Gasteiger partial charge in [-0.15, -0.1) is 5.10 Å². The Bertz CT molecular complexity index is 1180. The molecule has 0 radical (unpaired) electrons.